The number of amides is 1. The molecule has 3 N–H and O–H groups in total. The smallest absolute Gasteiger partial charge is 0.239 e. The van der Waals surface area contributed by atoms with E-state index in [1.165, 1.54) is 0 Å². The SMILES string of the molecule is CC[C@H](C)[C@H](N)C(=O)N(C)CCCCCO. The Morgan fingerprint density at radius 2 is 2.00 bits per heavy atom. The summed E-state index contributed by atoms with van der Waals surface area (Å²) in [6.07, 6.45) is 3.60. The molecule has 0 aliphatic rings. The van der Waals surface area contributed by atoms with Crippen molar-refractivity contribution in [3.8, 4) is 0 Å². The van der Waals surface area contributed by atoms with Gasteiger partial charge in [0.25, 0.3) is 0 Å². The summed E-state index contributed by atoms with van der Waals surface area (Å²) in [6, 6.07) is -0.382. The number of hydrogen-bond donors (Lipinski definition) is 2. The number of aliphatic hydroxyl groups excluding tert-OH is 1. The average molecular weight is 230 g/mol. The summed E-state index contributed by atoms with van der Waals surface area (Å²) in [6.45, 7) is 4.99. The second-order valence-electron chi connectivity index (χ2n) is 4.46. The van der Waals surface area contributed by atoms with Gasteiger partial charge in [0.1, 0.15) is 0 Å². The van der Waals surface area contributed by atoms with Gasteiger partial charge in [-0.25, -0.2) is 0 Å². The van der Waals surface area contributed by atoms with E-state index in [-0.39, 0.29) is 24.5 Å². The molecule has 0 unspecified atom stereocenters. The molecule has 16 heavy (non-hydrogen) atoms. The summed E-state index contributed by atoms with van der Waals surface area (Å²) in [5, 5.41) is 8.63. The number of rotatable bonds is 8. The van der Waals surface area contributed by atoms with Crippen molar-refractivity contribution in [2.24, 2.45) is 11.7 Å². The lowest BCUT2D eigenvalue weighted by atomic mass is 9.99. The van der Waals surface area contributed by atoms with Crippen molar-refractivity contribution in [2.75, 3.05) is 20.2 Å². The highest BCUT2D eigenvalue weighted by Crippen LogP contribution is 2.08. The first-order valence-electron chi connectivity index (χ1n) is 6.16. The van der Waals surface area contributed by atoms with Crippen LogP contribution in [0, 0.1) is 5.92 Å². The molecule has 2 atom stereocenters. The zero-order valence-corrected chi connectivity index (χ0v) is 10.8. The number of nitrogens with zero attached hydrogens (tertiary/aromatic N) is 1. The standard InChI is InChI=1S/C12H26N2O2/c1-4-10(2)11(13)12(16)14(3)8-6-5-7-9-15/h10-11,15H,4-9,13H2,1-3H3/t10-,11-/m0/s1. The van der Waals surface area contributed by atoms with Gasteiger partial charge in [0.15, 0.2) is 0 Å². The van der Waals surface area contributed by atoms with Crippen LogP contribution < -0.4 is 5.73 Å². The number of likely N-dealkylation sites (N-methyl/N-ethyl adjacent to an activating group) is 1. The minimum absolute atomic E-state index is 0.0262. The predicted octanol–water partition coefficient (Wildman–Crippen LogP) is 0.981. The summed E-state index contributed by atoms with van der Waals surface area (Å²) in [5.41, 5.74) is 5.87. The summed E-state index contributed by atoms with van der Waals surface area (Å²) in [4.78, 5) is 13.6. The Hall–Kier alpha value is -0.610. The van der Waals surface area contributed by atoms with E-state index in [0.717, 1.165) is 32.2 Å². The number of unbranched alkanes of at least 4 members (excludes halogenated alkanes) is 2. The quantitative estimate of drug-likeness (QED) is 0.611. The van der Waals surface area contributed by atoms with Crippen molar-refractivity contribution in [3.05, 3.63) is 0 Å². The first-order valence-corrected chi connectivity index (χ1v) is 6.16. The second kappa shape index (κ2) is 8.53. The predicted molar refractivity (Wildman–Crippen MR) is 66.0 cm³/mol. The first kappa shape index (κ1) is 15.4. The van der Waals surface area contributed by atoms with Gasteiger partial charge in [-0.15, -0.1) is 0 Å². The van der Waals surface area contributed by atoms with Gasteiger partial charge in [-0.05, 0) is 25.2 Å². The minimum Gasteiger partial charge on any atom is -0.396 e. The molecule has 0 fully saturated rings. The molecule has 0 radical (unpaired) electrons. The van der Waals surface area contributed by atoms with E-state index >= 15 is 0 Å². The van der Waals surface area contributed by atoms with Gasteiger partial charge in [-0.3, -0.25) is 4.79 Å². The van der Waals surface area contributed by atoms with Crippen molar-refractivity contribution in [2.45, 2.75) is 45.6 Å². The van der Waals surface area contributed by atoms with Crippen LogP contribution in [0.25, 0.3) is 0 Å². The van der Waals surface area contributed by atoms with Crippen LogP contribution in [0.3, 0.4) is 0 Å². The largest absolute Gasteiger partial charge is 0.396 e. The number of carbonyl (C=O) groups excluding carboxylic acids is 1. The molecule has 96 valence electrons. The maximum absolute atomic E-state index is 11.9. The molecule has 0 spiro atoms. The molecule has 0 rings (SSSR count). The molecule has 0 aromatic rings. The normalized spacial score (nSPS) is 14.6. The highest BCUT2D eigenvalue weighted by atomic mass is 16.2. The average Bonchev–Trinajstić information content (AvgIpc) is 2.31. The van der Waals surface area contributed by atoms with Crippen molar-refractivity contribution >= 4 is 5.91 Å². The highest BCUT2D eigenvalue weighted by molar-refractivity contribution is 5.81. The lowest BCUT2D eigenvalue weighted by molar-refractivity contribution is -0.132. The maximum Gasteiger partial charge on any atom is 0.239 e. The van der Waals surface area contributed by atoms with Crippen LogP contribution in [0.15, 0.2) is 0 Å². The summed E-state index contributed by atoms with van der Waals surface area (Å²) in [5.74, 6) is 0.255. The van der Waals surface area contributed by atoms with Crippen molar-refractivity contribution in [3.63, 3.8) is 0 Å². The number of carbonyl (C=O) groups is 1. The topological polar surface area (TPSA) is 66.6 Å². The zero-order chi connectivity index (χ0) is 12.6. The number of aliphatic hydroxyl groups is 1. The lowest BCUT2D eigenvalue weighted by Crippen LogP contribution is -2.45. The summed E-state index contributed by atoms with van der Waals surface area (Å²) < 4.78 is 0. The van der Waals surface area contributed by atoms with E-state index < -0.39 is 0 Å². The van der Waals surface area contributed by atoms with Gasteiger partial charge in [-0.2, -0.15) is 0 Å². The Balaban J connectivity index is 3.88. The fourth-order valence-corrected chi connectivity index (χ4v) is 1.50. The molecule has 0 saturated carbocycles. The van der Waals surface area contributed by atoms with Crippen LogP contribution in [-0.2, 0) is 4.79 Å². The third-order valence-electron chi connectivity index (χ3n) is 3.07. The molecule has 0 aliphatic carbocycles. The van der Waals surface area contributed by atoms with E-state index in [1.807, 2.05) is 13.8 Å². The molecule has 1 amide bonds. The van der Waals surface area contributed by atoms with Gasteiger partial charge in [-0.1, -0.05) is 20.3 Å². The van der Waals surface area contributed by atoms with Gasteiger partial charge in [0.2, 0.25) is 5.91 Å². The Labute approximate surface area is 98.8 Å². The molecular weight excluding hydrogens is 204 g/mol. The monoisotopic (exact) mass is 230 g/mol. The lowest BCUT2D eigenvalue weighted by Gasteiger charge is -2.24. The molecule has 4 nitrogen and oxygen atoms in total. The van der Waals surface area contributed by atoms with E-state index in [9.17, 15) is 4.79 Å². The minimum atomic E-state index is -0.382. The van der Waals surface area contributed by atoms with Crippen LogP contribution in [0.4, 0.5) is 0 Å². The van der Waals surface area contributed by atoms with Crippen molar-refractivity contribution in [1.82, 2.24) is 4.90 Å². The van der Waals surface area contributed by atoms with Crippen LogP contribution in [0.5, 0.6) is 0 Å². The molecule has 0 aromatic carbocycles. The van der Waals surface area contributed by atoms with E-state index in [2.05, 4.69) is 0 Å². The van der Waals surface area contributed by atoms with Gasteiger partial charge in [0.05, 0.1) is 6.04 Å². The second-order valence-corrected chi connectivity index (χ2v) is 4.46. The summed E-state index contributed by atoms with van der Waals surface area (Å²) >= 11 is 0. The van der Waals surface area contributed by atoms with Crippen molar-refractivity contribution in [1.29, 1.82) is 0 Å². The molecule has 4 heteroatoms. The molecular formula is C12H26N2O2. The molecule has 0 saturated heterocycles. The molecule has 0 aromatic heterocycles. The van der Waals surface area contributed by atoms with Crippen LogP contribution in [0.1, 0.15) is 39.5 Å². The molecule has 0 aliphatic heterocycles. The Morgan fingerprint density at radius 1 is 1.38 bits per heavy atom. The molecule has 0 bridgehead atoms. The van der Waals surface area contributed by atoms with Crippen LogP contribution in [-0.4, -0.2) is 42.2 Å². The Morgan fingerprint density at radius 3 is 2.50 bits per heavy atom. The van der Waals surface area contributed by atoms with E-state index in [1.54, 1.807) is 11.9 Å². The van der Waals surface area contributed by atoms with Crippen LogP contribution in [0.2, 0.25) is 0 Å². The summed E-state index contributed by atoms with van der Waals surface area (Å²) in [7, 11) is 1.80. The van der Waals surface area contributed by atoms with Crippen LogP contribution >= 0.6 is 0 Å². The third-order valence-corrected chi connectivity index (χ3v) is 3.07. The first-order chi connectivity index (χ1) is 7.54. The Kier molecular flexibility index (Phi) is 8.21. The van der Waals surface area contributed by atoms with Gasteiger partial charge >= 0.3 is 0 Å². The van der Waals surface area contributed by atoms with E-state index in [0.29, 0.717) is 0 Å². The molecule has 0 heterocycles. The fourth-order valence-electron chi connectivity index (χ4n) is 1.50. The van der Waals surface area contributed by atoms with Crippen molar-refractivity contribution < 1.29 is 9.90 Å². The highest BCUT2D eigenvalue weighted by Gasteiger charge is 2.22. The van der Waals surface area contributed by atoms with E-state index in [4.69, 9.17) is 10.8 Å². The fraction of sp³-hybridized carbons (Fsp3) is 0.917. The Bertz CT molecular complexity index is 197. The van der Waals surface area contributed by atoms with Gasteiger partial charge < -0.3 is 15.7 Å². The zero-order valence-electron chi connectivity index (χ0n) is 10.8. The number of hydrogen-bond acceptors (Lipinski definition) is 3. The maximum atomic E-state index is 11.9. The number of nitrogens with two attached hydrogens (primary N) is 1. The third kappa shape index (κ3) is 5.47. The van der Waals surface area contributed by atoms with Gasteiger partial charge in [0, 0.05) is 20.2 Å².